The fourth-order valence-corrected chi connectivity index (χ4v) is 2.10. The molecular formula is C13H16N4. The lowest BCUT2D eigenvalue weighted by Crippen LogP contribution is -2.13. The van der Waals surface area contributed by atoms with E-state index in [4.69, 9.17) is 11.6 Å². The summed E-state index contributed by atoms with van der Waals surface area (Å²) in [6, 6.07) is 8.48. The summed E-state index contributed by atoms with van der Waals surface area (Å²) in [5.74, 6) is 7.77. The zero-order valence-electron chi connectivity index (χ0n) is 9.85. The normalized spacial score (nSPS) is 15.1. The van der Waals surface area contributed by atoms with Gasteiger partial charge in [-0.25, -0.2) is 9.66 Å². The molecule has 1 saturated carbocycles. The molecule has 88 valence electrons. The van der Waals surface area contributed by atoms with Crippen molar-refractivity contribution in [2.24, 2.45) is 0 Å². The van der Waals surface area contributed by atoms with Crippen LogP contribution in [-0.2, 0) is 0 Å². The fourth-order valence-electron chi connectivity index (χ4n) is 2.10. The molecule has 1 aromatic carbocycles. The van der Waals surface area contributed by atoms with Crippen LogP contribution in [0, 0.1) is 6.92 Å². The van der Waals surface area contributed by atoms with Gasteiger partial charge in [-0.15, -0.1) is 0 Å². The lowest BCUT2D eigenvalue weighted by atomic mass is 10.1. The Morgan fingerprint density at radius 3 is 2.35 bits per heavy atom. The number of nitrogen functional groups attached to an aromatic ring is 2. The van der Waals surface area contributed by atoms with E-state index in [-0.39, 0.29) is 0 Å². The number of aromatic nitrogens is 2. The summed E-state index contributed by atoms with van der Waals surface area (Å²) >= 11 is 0. The number of aryl methyl sites for hydroxylation is 1. The van der Waals surface area contributed by atoms with Crippen LogP contribution in [0.25, 0.3) is 11.3 Å². The lowest BCUT2D eigenvalue weighted by molar-refractivity contribution is 0.937. The van der Waals surface area contributed by atoms with E-state index in [0.717, 1.165) is 23.0 Å². The second-order valence-electron chi connectivity index (χ2n) is 4.66. The van der Waals surface area contributed by atoms with Crippen molar-refractivity contribution >= 4 is 5.82 Å². The van der Waals surface area contributed by atoms with Gasteiger partial charge in [0.25, 0.3) is 0 Å². The predicted octanol–water partition coefficient (Wildman–Crippen LogP) is 2.03. The minimum Gasteiger partial charge on any atom is -0.382 e. The molecule has 1 heterocycles. The van der Waals surface area contributed by atoms with Gasteiger partial charge in [0, 0.05) is 5.56 Å². The molecule has 0 unspecified atom stereocenters. The van der Waals surface area contributed by atoms with Crippen LogP contribution < -0.4 is 11.6 Å². The molecule has 0 saturated heterocycles. The van der Waals surface area contributed by atoms with Crippen molar-refractivity contribution in [2.45, 2.75) is 25.7 Å². The van der Waals surface area contributed by atoms with Crippen molar-refractivity contribution in [3.05, 3.63) is 35.7 Å². The van der Waals surface area contributed by atoms with Crippen LogP contribution in [0.15, 0.2) is 24.3 Å². The van der Waals surface area contributed by atoms with E-state index in [1.165, 1.54) is 23.1 Å². The second-order valence-corrected chi connectivity index (χ2v) is 4.66. The van der Waals surface area contributed by atoms with Gasteiger partial charge >= 0.3 is 0 Å². The van der Waals surface area contributed by atoms with Gasteiger partial charge in [0.2, 0.25) is 0 Å². The molecule has 0 atom stereocenters. The van der Waals surface area contributed by atoms with Gasteiger partial charge in [-0.3, -0.25) is 0 Å². The van der Waals surface area contributed by atoms with E-state index in [0.29, 0.717) is 5.82 Å². The first-order valence-electron chi connectivity index (χ1n) is 5.87. The lowest BCUT2D eigenvalue weighted by Gasteiger charge is -2.02. The van der Waals surface area contributed by atoms with Gasteiger partial charge in [0.05, 0.1) is 0 Å². The highest BCUT2D eigenvalue weighted by atomic mass is 15.4. The summed E-state index contributed by atoms with van der Waals surface area (Å²) in [4.78, 5) is 4.38. The third kappa shape index (κ3) is 1.65. The van der Waals surface area contributed by atoms with Crippen molar-refractivity contribution in [2.75, 3.05) is 11.6 Å². The summed E-state index contributed by atoms with van der Waals surface area (Å²) in [5, 5.41) is 0. The van der Waals surface area contributed by atoms with E-state index in [1.54, 1.807) is 0 Å². The number of nitrogens with zero attached hydrogens (tertiary/aromatic N) is 2. The molecule has 4 nitrogen and oxygen atoms in total. The predicted molar refractivity (Wildman–Crippen MR) is 68.9 cm³/mol. The van der Waals surface area contributed by atoms with Crippen LogP contribution in [0.2, 0.25) is 0 Å². The molecule has 3 rings (SSSR count). The molecule has 1 aliphatic rings. The Morgan fingerprint density at radius 2 is 1.88 bits per heavy atom. The van der Waals surface area contributed by atoms with Gasteiger partial charge in [0.15, 0.2) is 5.82 Å². The summed E-state index contributed by atoms with van der Waals surface area (Å²) in [6.45, 7) is 1.85. The number of nitrogens with two attached hydrogens (primary N) is 2. The highest BCUT2D eigenvalue weighted by molar-refractivity contribution is 5.71. The molecular weight excluding hydrogens is 212 g/mol. The number of hydrogen-bond donors (Lipinski definition) is 2. The van der Waals surface area contributed by atoms with Crippen LogP contribution in [0.1, 0.15) is 30.1 Å². The molecule has 0 bridgehead atoms. The Kier molecular flexibility index (Phi) is 2.11. The Balaban J connectivity index is 1.99. The molecule has 1 aliphatic carbocycles. The Labute approximate surface area is 100 Å². The molecule has 2 aromatic rings. The summed E-state index contributed by atoms with van der Waals surface area (Å²) in [5.41, 5.74) is 9.13. The summed E-state index contributed by atoms with van der Waals surface area (Å²) < 4.78 is 1.42. The van der Waals surface area contributed by atoms with Gasteiger partial charge in [-0.05, 0) is 31.2 Å². The van der Waals surface area contributed by atoms with Crippen molar-refractivity contribution in [3.63, 3.8) is 0 Å². The summed E-state index contributed by atoms with van der Waals surface area (Å²) in [7, 11) is 0. The van der Waals surface area contributed by atoms with Gasteiger partial charge in [-0.2, -0.15) is 0 Å². The second kappa shape index (κ2) is 3.52. The number of rotatable bonds is 2. The van der Waals surface area contributed by atoms with Gasteiger partial charge in [-0.1, -0.05) is 24.3 Å². The van der Waals surface area contributed by atoms with Crippen LogP contribution in [-0.4, -0.2) is 9.66 Å². The largest absolute Gasteiger partial charge is 0.382 e. The standard InChI is InChI=1S/C13H16N4/c1-8-16-12(13(14)17(8)15)11-6-4-10(5-7-11)9-2-3-9/h4-7,9H,2-3,14-15H2,1H3. The number of anilines is 1. The van der Waals surface area contributed by atoms with Crippen LogP contribution in [0.5, 0.6) is 0 Å². The van der Waals surface area contributed by atoms with E-state index >= 15 is 0 Å². The average Bonchev–Trinajstić information content (AvgIpc) is 3.15. The molecule has 0 amide bonds. The molecule has 0 spiro atoms. The average molecular weight is 228 g/mol. The minimum absolute atomic E-state index is 0.515. The Hall–Kier alpha value is -1.97. The minimum atomic E-state index is 0.515. The van der Waals surface area contributed by atoms with Crippen LogP contribution in [0.4, 0.5) is 5.82 Å². The van der Waals surface area contributed by atoms with E-state index in [2.05, 4.69) is 29.2 Å². The van der Waals surface area contributed by atoms with Gasteiger partial charge < -0.3 is 11.6 Å². The van der Waals surface area contributed by atoms with Crippen LogP contribution >= 0.6 is 0 Å². The molecule has 1 aromatic heterocycles. The third-order valence-electron chi connectivity index (χ3n) is 3.36. The van der Waals surface area contributed by atoms with E-state index < -0.39 is 0 Å². The monoisotopic (exact) mass is 228 g/mol. The number of hydrogen-bond acceptors (Lipinski definition) is 3. The Bertz CT molecular complexity index is 550. The van der Waals surface area contributed by atoms with E-state index in [9.17, 15) is 0 Å². The maximum absolute atomic E-state index is 5.92. The first-order chi connectivity index (χ1) is 8.16. The van der Waals surface area contributed by atoms with Crippen LogP contribution in [0.3, 0.4) is 0 Å². The summed E-state index contributed by atoms with van der Waals surface area (Å²) in [6.07, 6.45) is 2.63. The molecule has 17 heavy (non-hydrogen) atoms. The van der Waals surface area contributed by atoms with Crippen molar-refractivity contribution < 1.29 is 0 Å². The quantitative estimate of drug-likeness (QED) is 0.773. The highest BCUT2D eigenvalue weighted by Crippen LogP contribution is 2.40. The molecule has 1 fully saturated rings. The SMILES string of the molecule is Cc1nc(-c2ccc(C3CC3)cc2)c(N)n1N. The van der Waals surface area contributed by atoms with Crippen molar-refractivity contribution in [1.29, 1.82) is 0 Å². The molecule has 0 radical (unpaired) electrons. The maximum Gasteiger partial charge on any atom is 0.150 e. The highest BCUT2D eigenvalue weighted by Gasteiger charge is 2.23. The fraction of sp³-hybridized carbons (Fsp3) is 0.308. The van der Waals surface area contributed by atoms with Crippen molar-refractivity contribution in [1.82, 2.24) is 9.66 Å². The zero-order valence-corrected chi connectivity index (χ0v) is 9.85. The smallest absolute Gasteiger partial charge is 0.150 e. The molecule has 4 N–H and O–H groups in total. The first-order valence-corrected chi connectivity index (χ1v) is 5.87. The molecule has 4 heteroatoms. The third-order valence-corrected chi connectivity index (χ3v) is 3.36. The maximum atomic E-state index is 5.92. The molecule has 0 aliphatic heterocycles. The number of benzene rings is 1. The number of imidazole rings is 1. The first kappa shape index (κ1) is 10.2. The zero-order chi connectivity index (χ0) is 12.0. The van der Waals surface area contributed by atoms with E-state index in [1.807, 2.05) is 6.92 Å². The van der Waals surface area contributed by atoms with Gasteiger partial charge in [0.1, 0.15) is 11.5 Å². The topological polar surface area (TPSA) is 69.9 Å². The van der Waals surface area contributed by atoms with Crippen molar-refractivity contribution in [3.8, 4) is 11.3 Å². The Morgan fingerprint density at radius 1 is 1.24 bits per heavy atom.